The van der Waals surface area contributed by atoms with Gasteiger partial charge >= 0.3 is 5.97 Å². The van der Waals surface area contributed by atoms with Gasteiger partial charge in [-0.05, 0) is 19.3 Å². The molecule has 1 saturated carbocycles. The van der Waals surface area contributed by atoms with E-state index in [0.717, 1.165) is 0 Å². The zero-order valence-electron chi connectivity index (χ0n) is 7.65. The number of carboxylic acids is 1. The first-order valence-electron chi connectivity index (χ1n) is 4.55. The summed E-state index contributed by atoms with van der Waals surface area (Å²) in [7, 11) is 0. The minimum atomic E-state index is -1.04. The van der Waals surface area contributed by atoms with E-state index in [9.17, 15) is 14.7 Å². The first-order chi connectivity index (χ1) is 6.56. The number of hydrogen-bond donors (Lipinski definition) is 2. The monoisotopic (exact) mass is 220 g/mol. The number of rotatable bonds is 3. The first kappa shape index (κ1) is 11.5. The standard InChI is InChI=1S/C9H13ClO4/c10-4-8(12)5-1-2-7(11)6(3-5)9(13)14/h5-7,11H,1-4H2,(H,13,14). The zero-order valence-corrected chi connectivity index (χ0v) is 8.41. The molecule has 0 saturated heterocycles. The molecule has 5 heteroatoms. The van der Waals surface area contributed by atoms with Gasteiger partial charge in [-0.25, -0.2) is 0 Å². The van der Waals surface area contributed by atoms with Crippen molar-refractivity contribution in [3.8, 4) is 0 Å². The van der Waals surface area contributed by atoms with Gasteiger partial charge in [0.15, 0.2) is 5.78 Å². The van der Waals surface area contributed by atoms with E-state index in [1.807, 2.05) is 0 Å². The minimum absolute atomic E-state index is 0.0763. The molecule has 3 unspecified atom stereocenters. The van der Waals surface area contributed by atoms with Crippen LogP contribution in [0.2, 0.25) is 0 Å². The zero-order chi connectivity index (χ0) is 10.7. The molecule has 0 bridgehead atoms. The topological polar surface area (TPSA) is 74.6 Å². The summed E-state index contributed by atoms with van der Waals surface area (Å²) in [5.74, 6) is -2.35. The van der Waals surface area contributed by atoms with Crippen molar-refractivity contribution < 1.29 is 19.8 Å². The molecule has 14 heavy (non-hydrogen) atoms. The van der Waals surface area contributed by atoms with Crippen LogP contribution in [0.3, 0.4) is 0 Å². The Kier molecular flexibility index (Phi) is 3.89. The quantitative estimate of drug-likeness (QED) is 0.685. The van der Waals surface area contributed by atoms with Crippen molar-refractivity contribution in [2.75, 3.05) is 5.88 Å². The molecular weight excluding hydrogens is 208 g/mol. The van der Waals surface area contributed by atoms with Gasteiger partial charge in [0.05, 0.1) is 17.9 Å². The van der Waals surface area contributed by atoms with Crippen molar-refractivity contribution in [2.45, 2.75) is 25.4 Å². The summed E-state index contributed by atoms with van der Waals surface area (Å²) >= 11 is 5.39. The maximum atomic E-state index is 11.2. The van der Waals surface area contributed by atoms with Crippen molar-refractivity contribution in [2.24, 2.45) is 11.8 Å². The molecule has 80 valence electrons. The Balaban J connectivity index is 2.62. The lowest BCUT2D eigenvalue weighted by Crippen LogP contribution is -2.37. The lowest BCUT2D eigenvalue weighted by molar-refractivity contribution is -0.149. The maximum Gasteiger partial charge on any atom is 0.309 e. The number of aliphatic hydroxyl groups is 1. The average molecular weight is 221 g/mol. The van der Waals surface area contributed by atoms with Crippen LogP contribution in [0, 0.1) is 11.8 Å². The van der Waals surface area contributed by atoms with Gasteiger partial charge in [0.2, 0.25) is 0 Å². The highest BCUT2D eigenvalue weighted by molar-refractivity contribution is 6.27. The van der Waals surface area contributed by atoms with Gasteiger partial charge in [-0.2, -0.15) is 0 Å². The number of carbonyl (C=O) groups excluding carboxylic acids is 1. The van der Waals surface area contributed by atoms with Crippen LogP contribution in [-0.4, -0.2) is 33.9 Å². The lowest BCUT2D eigenvalue weighted by atomic mass is 9.78. The van der Waals surface area contributed by atoms with Crippen LogP contribution in [0.4, 0.5) is 0 Å². The fourth-order valence-corrected chi connectivity index (χ4v) is 2.04. The Hall–Kier alpha value is -0.610. The first-order valence-corrected chi connectivity index (χ1v) is 5.09. The van der Waals surface area contributed by atoms with E-state index in [0.29, 0.717) is 12.8 Å². The second kappa shape index (κ2) is 4.75. The molecule has 4 nitrogen and oxygen atoms in total. The number of hydrogen-bond acceptors (Lipinski definition) is 3. The van der Waals surface area contributed by atoms with Crippen LogP contribution in [0.15, 0.2) is 0 Å². The molecule has 1 fully saturated rings. The second-order valence-electron chi connectivity index (χ2n) is 3.62. The third-order valence-electron chi connectivity index (χ3n) is 2.72. The molecule has 1 rings (SSSR count). The van der Waals surface area contributed by atoms with Crippen LogP contribution < -0.4 is 0 Å². The lowest BCUT2D eigenvalue weighted by Gasteiger charge is -2.29. The van der Waals surface area contributed by atoms with Crippen molar-refractivity contribution >= 4 is 23.4 Å². The maximum absolute atomic E-state index is 11.2. The van der Waals surface area contributed by atoms with E-state index in [-0.39, 0.29) is 24.0 Å². The molecule has 1 aliphatic rings. The summed E-state index contributed by atoms with van der Waals surface area (Å²) in [4.78, 5) is 22.0. The Morgan fingerprint density at radius 1 is 1.36 bits per heavy atom. The van der Waals surface area contributed by atoms with E-state index in [1.54, 1.807) is 0 Å². The summed E-state index contributed by atoms with van der Waals surface area (Å²) in [5.41, 5.74) is 0. The second-order valence-corrected chi connectivity index (χ2v) is 3.89. The van der Waals surface area contributed by atoms with E-state index < -0.39 is 18.0 Å². The molecule has 0 heterocycles. The van der Waals surface area contributed by atoms with E-state index in [4.69, 9.17) is 16.7 Å². The molecule has 1 aliphatic carbocycles. The summed E-state index contributed by atoms with van der Waals surface area (Å²) in [6.07, 6.45) is 0.287. The highest BCUT2D eigenvalue weighted by Crippen LogP contribution is 2.30. The average Bonchev–Trinajstić information content (AvgIpc) is 2.17. The van der Waals surface area contributed by atoms with Gasteiger partial charge < -0.3 is 10.2 Å². The van der Waals surface area contributed by atoms with Gasteiger partial charge in [0.25, 0.3) is 0 Å². The predicted molar refractivity (Wildman–Crippen MR) is 50.2 cm³/mol. The fraction of sp³-hybridized carbons (Fsp3) is 0.778. The Labute approximate surface area is 86.9 Å². The Bertz CT molecular complexity index is 241. The third-order valence-corrected chi connectivity index (χ3v) is 2.98. The van der Waals surface area contributed by atoms with Crippen molar-refractivity contribution in [3.05, 3.63) is 0 Å². The molecule has 2 N–H and O–H groups in total. The van der Waals surface area contributed by atoms with E-state index in [2.05, 4.69) is 0 Å². The number of carboxylic acid groups (broad SMARTS) is 1. The van der Waals surface area contributed by atoms with Gasteiger partial charge in [-0.3, -0.25) is 9.59 Å². The SMILES string of the molecule is O=C(CCl)C1CCC(O)C(C(=O)O)C1. The Morgan fingerprint density at radius 2 is 2.00 bits per heavy atom. The van der Waals surface area contributed by atoms with Gasteiger partial charge in [-0.1, -0.05) is 0 Å². The van der Waals surface area contributed by atoms with Crippen LogP contribution in [0.1, 0.15) is 19.3 Å². The van der Waals surface area contributed by atoms with Crippen LogP contribution in [0.25, 0.3) is 0 Å². The smallest absolute Gasteiger partial charge is 0.309 e. The minimum Gasteiger partial charge on any atom is -0.481 e. The molecule has 3 atom stereocenters. The largest absolute Gasteiger partial charge is 0.481 e. The molecule has 0 radical (unpaired) electrons. The summed E-state index contributed by atoms with van der Waals surface area (Å²) < 4.78 is 0. The summed E-state index contributed by atoms with van der Waals surface area (Å²) in [6, 6.07) is 0. The molecule has 0 aromatic heterocycles. The molecule has 0 aliphatic heterocycles. The fourth-order valence-electron chi connectivity index (χ4n) is 1.82. The number of carbonyl (C=O) groups is 2. The Morgan fingerprint density at radius 3 is 2.50 bits per heavy atom. The van der Waals surface area contributed by atoms with Gasteiger partial charge in [0.1, 0.15) is 0 Å². The number of aliphatic hydroxyl groups excluding tert-OH is 1. The summed E-state index contributed by atoms with van der Waals surface area (Å²) in [5, 5.41) is 18.2. The van der Waals surface area contributed by atoms with E-state index in [1.165, 1.54) is 0 Å². The molecular formula is C9H13ClO4. The number of halogens is 1. The highest BCUT2D eigenvalue weighted by Gasteiger charge is 2.36. The van der Waals surface area contributed by atoms with Crippen molar-refractivity contribution in [1.29, 1.82) is 0 Å². The van der Waals surface area contributed by atoms with Crippen molar-refractivity contribution in [1.82, 2.24) is 0 Å². The predicted octanol–water partition coefficient (Wildman–Crippen LogP) is 0.656. The van der Waals surface area contributed by atoms with Gasteiger partial charge in [-0.15, -0.1) is 11.6 Å². The number of aliphatic carboxylic acids is 1. The van der Waals surface area contributed by atoms with Crippen LogP contribution in [0.5, 0.6) is 0 Å². The molecule has 0 aromatic carbocycles. The number of ketones is 1. The van der Waals surface area contributed by atoms with E-state index >= 15 is 0 Å². The summed E-state index contributed by atoms with van der Waals surface area (Å²) in [6.45, 7) is 0. The molecule has 0 aromatic rings. The highest BCUT2D eigenvalue weighted by atomic mass is 35.5. The van der Waals surface area contributed by atoms with Crippen molar-refractivity contribution in [3.63, 3.8) is 0 Å². The normalized spacial score (nSPS) is 32.6. The van der Waals surface area contributed by atoms with Gasteiger partial charge in [0, 0.05) is 5.92 Å². The molecule has 0 amide bonds. The van der Waals surface area contributed by atoms with Crippen LogP contribution >= 0.6 is 11.6 Å². The number of Topliss-reactive ketones (excluding diaryl/α,β-unsaturated/α-hetero) is 1. The number of alkyl halides is 1. The third kappa shape index (κ3) is 2.45. The molecule has 0 spiro atoms. The van der Waals surface area contributed by atoms with Crippen LogP contribution in [-0.2, 0) is 9.59 Å².